The van der Waals surface area contributed by atoms with Gasteiger partial charge in [0, 0.05) is 11.1 Å². The quantitative estimate of drug-likeness (QED) is 0.706. The zero-order valence-electron chi connectivity index (χ0n) is 11.1. The molecule has 0 aliphatic heterocycles. The monoisotopic (exact) mass is 262 g/mol. The zero-order chi connectivity index (χ0) is 14.1. The van der Waals surface area contributed by atoms with E-state index in [9.17, 15) is 9.90 Å². The summed E-state index contributed by atoms with van der Waals surface area (Å²) in [5, 5.41) is 11.3. The van der Waals surface area contributed by atoms with E-state index in [1.807, 2.05) is 49.4 Å². The molecule has 0 amide bonds. The van der Waals surface area contributed by atoms with Crippen LogP contribution in [0.3, 0.4) is 0 Å². The van der Waals surface area contributed by atoms with E-state index in [2.05, 4.69) is 0 Å². The zero-order valence-corrected chi connectivity index (χ0v) is 11.1. The van der Waals surface area contributed by atoms with E-state index >= 15 is 0 Å². The summed E-state index contributed by atoms with van der Waals surface area (Å²) < 4.78 is 0. The Kier molecular flexibility index (Phi) is 2.99. The van der Waals surface area contributed by atoms with E-state index in [1.165, 1.54) is 0 Å². The smallest absolute Gasteiger partial charge is 0.193 e. The first-order valence-electron chi connectivity index (χ1n) is 6.48. The van der Waals surface area contributed by atoms with E-state index in [4.69, 9.17) is 0 Å². The summed E-state index contributed by atoms with van der Waals surface area (Å²) in [4.78, 5) is 12.4. The Morgan fingerprint density at radius 1 is 0.800 bits per heavy atom. The van der Waals surface area contributed by atoms with Crippen molar-refractivity contribution in [1.29, 1.82) is 0 Å². The molecule has 0 atom stereocenters. The van der Waals surface area contributed by atoms with Crippen LogP contribution in [-0.4, -0.2) is 10.9 Å². The lowest BCUT2D eigenvalue weighted by atomic mass is 9.99. The largest absolute Gasteiger partial charge is 0.508 e. The minimum absolute atomic E-state index is 0.0139. The van der Waals surface area contributed by atoms with Gasteiger partial charge in [0.15, 0.2) is 5.78 Å². The number of fused-ring (bicyclic) bond motifs is 1. The van der Waals surface area contributed by atoms with Crippen LogP contribution >= 0.6 is 0 Å². The first kappa shape index (κ1) is 12.4. The molecule has 3 rings (SSSR count). The Morgan fingerprint density at radius 2 is 1.40 bits per heavy atom. The molecule has 0 unspecified atom stereocenters. The van der Waals surface area contributed by atoms with Crippen LogP contribution in [-0.2, 0) is 0 Å². The van der Waals surface area contributed by atoms with Gasteiger partial charge in [0.2, 0.25) is 0 Å². The lowest BCUT2D eigenvalue weighted by Crippen LogP contribution is -2.00. The SMILES string of the molecule is Cc1ccc(C(=O)c2ccc3cc(O)ccc3c2)cc1. The molecule has 0 aliphatic carbocycles. The number of hydrogen-bond acceptors (Lipinski definition) is 2. The van der Waals surface area contributed by atoms with E-state index in [1.54, 1.807) is 18.2 Å². The topological polar surface area (TPSA) is 37.3 Å². The molecule has 0 fully saturated rings. The molecule has 2 nitrogen and oxygen atoms in total. The Hall–Kier alpha value is -2.61. The highest BCUT2D eigenvalue weighted by molar-refractivity contribution is 6.10. The normalized spacial score (nSPS) is 10.7. The number of hydrogen-bond donors (Lipinski definition) is 1. The van der Waals surface area contributed by atoms with Gasteiger partial charge in [0.1, 0.15) is 5.75 Å². The third-order valence-electron chi connectivity index (χ3n) is 3.40. The van der Waals surface area contributed by atoms with E-state index in [0.717, 1.165) is 16.3 Å². The number of aryl methyl sites for hydroxylation is 1. The fourth-order valence-corrected chi connectivity index (χ4v) is 2.25. The summed E-state index contributed by atoms with van der Waals surface area (Å²) >= 11 is 0. The predicted molar refractivity (Wildman–Crippen MR) is 80.2 cm³/mol. The first-order chi connectivity index (χ1) is 9.63. The standard InChI is InChI=1S/C18H14O2/c1-12-2-4-13(5-3-12)18(20)16-7-6-15-11-17(19)9-8-14(15)10-16/h2-11,19H,1H3. The van der Waals surface area contributed by atoms with Gasteiger partial charge in [-0.05, 0) is 35.9 Å². The number of aromatic hydroxyl groups is 1. The highest BCUT2D eigenvalue weighted by Gasteiger charge is 2.09. The molecular formula is C18H14O2. The molecule has 2 heteroatoms. The molecule has 20 heavy (non-hydrogen) atoms. The second kappa shape index (κ2) is 4.82. The Balaban J connectivity index is 2.03. The second-order valence-corrected chi connectivity index (χ2v) is 4.94. The number of phenols is 1. The van der Waals surface area contributed by atoms with Gasteiger partial charge in [-0.3, -0.25) is 4.79 Å². The highest BCUT2D eigenvalue weighted by Crippen LogP contribution is 2.22. The average Bonchev–Trinajstić information content (AvgIpc) is 2.47. The summed E-state index contributed by atoms with van der Waals surface area (Å²) in [5.74, 6) is 0.245. The summed E-state index contributed by atoms with van der Waals surface area (Å²) in [5.41, 5.74) is 2.48. The van der Waals surface area contributed by atoms with Crippen molar-refractivity contribution in [3.05, 3.63) is 77.4 Å². The van der Waals surface area contributed by atoms with Gasteiger partial charge in [0.25, 0.3) is 0 Å². The number of carbonyl (C=O) groups excluding carboxylic acids is 1. The maximum Gasteiger partial charge on any atom is 0.193 e. The lowest BCUT2D eigenvalue weighted by Gasteiger charge is -2.04. The fourth-order valence-electron chi connectivity index (χ4n) is 2.25. The number of ketones is 1. The van der Waals surface area contributed by atoms with Gasteiger partial charge in [-0.1, -0.05) is 48.0 Å². The van der Waals surface area contributed by atoms with Crippen molar-refractivity contribution < 1.29 is 9.90 Å². The van der Waals surface area contributed by atoms with Crippen LogP contribution in [0.4, 0.5) is 0 Å². The van der Waals surface area contributed by atoms with Crippen molar-refractivity contribution in [3.63, 3.8) is 0 Å². The number of rotatable bonds is 2. The van der Waals surface area contributed by atoms with Crippen LogP contribution < -0.4 is 0 Å². The molecule has 0 saturated carbocycles. The molecule has 0 bridgehead atoms. The third-order valence-corrected chi connectivity index (χ3v) is 3.40. The van der Waals surface area contributed by atoms with Crippen molar-refractivity contribution in [3.8, 4) is 5.75 Å². The van der Waals surface area contributed by atoms with Crippen LogP contribution in [0, 0.1) is 6.92 Å². The van der Waals surface area contributed by atoms with E-state index in [0.29, 0.717) is 11.1 Å². The minimum atomic E-state index is 0.0139. The third kappa shape index (κ3) is 2.28. The maximum atomic E-state index is 12.4. The second-order valence-electron chi connectivity index (χ2n) is 4.94. The van der Waals surface area contributed by atoms with Crippen LogP contribution in [0.15, 0.2) is 60.7 Å². The molecule has 1 N–H and O–H groups in total. The fraction of sp³-hybridized carbons (Fsp3) is 0.0556. The maximum absolute atomic E-state index is 12.4. The molecule has 0 saturated heterocycles. The van der Waals surface area contributed by atoms with Gasteiger partial charge < -0.3 is 5.11 Å². The Bertz CT molecular complexity index is 786. The molecule has 0 aromatic heterocycles. The van der Waals surface area contributed by atoms with Crippen LogP contribution in [0.25, 0.3) is 10.8 Å². The number of carbonyl (C=O) groups is 1. The van der Waals surface area contributed by atoms with Crippen molar-refractivity contribution in [2.75, 3.05) is 0 Å². The van der Waals surface area contributed by atoms with Gasteiger partial charge >= 0.3 is 0 Å². The van der Waals surface area contributed by atoms with Crippen LogP contribution in [0.2, 0.25) is 0 Å². The van der Waals surface area contributed by atoms with Gasteiger partial charge in [-0.2, -0.15) is 0 Å². The lowest BCUT2D eigenvalue weighted by molar-refractivity contribution is 0.103. The molecule has 0 radical (unpaired) electrons. The van der Waals surface area contributed by atoms with Crippen LogP contribution in [0.5, 0.6) is 5.75 Å². The molecule has 98 valence electrons. The van der Waals surface area contributed by atoms with Gasteiger partial charge in [-0.25, -0.2) is 0 Å². The molecular weight excluding hydrogens is 248 g/mol. The molecule has 0 heterocycles. The van der Waals surface area contributed by atoms with E-state index in [-0.39, 0.29) is 11.5 Å². The van der Waals surface area contributed by atoms with Crippen molar-refractivity contribution >= 4 is 16.6 Å². The van der Waals surface area contributed by atoms with Gasteiger partial charge in [0.05, 0.1) is 0 Å². The molecule has 0 aliphatic rings. The number of benzene rings is 3. The summed E-state index contributed by atoms with van der Waals surface area (Å²) in [6, 6.07) is 18.2. The first-order valence-corrected chi connectivity index (χ1v) is 6.48. The molecule has 0 spiro atoms. The minimum Gasteiger partial charge on any atom is -0.508 e. The predicted octanol–water partition coefficient (Wildman–Crippen LogP) is 4.08. The summed E-state index contributed by atoms with van der Waals surface area (Å²) in [7, 11) is 0. The number of phenolic OH excluding ortho intramolecular Hbond substituents is 1. The van der Waals surface area contributed by atoms with Crippen molar-refractivity contribution in [2.45, 2.75) is 6.92 Å². The Labute approximate surface area is 117 Å². The van der Waals surface area contributed by atoms with Crippen molar-refractivity contribution in [2.24, 2.45) is 0 Å². The average molecular weight is 262 g/mol. The molecule has 3 aromatic rings. The van der Waals surface area contributed by atoms with Gasteiger partial charge in [-0.15, -0.1) is 0 Å². The van der Waals surface area contributed by atoms with Crippen molar-refractivity contribution in [1.82, 2.24) is 0 Å². The summed E-state index contributed by atoms with van der Waals surface area (Å²) in [6.45, 7) is 2.00. The highest BCUT2D eigenvalue weighted by atomic mass is 16.3. The van der Waals surface area contributed by atoms with Crippen LogP contribution in [0.1, 0.15) is 21.5 Å². The summed E-state index contributed by atoms with van der Waals surface area (Å²) in [6.07, 6.45) is 0. The Morgan fingerprint density at radius 3 is 2.15 bits per heavy atom. The molecule has 3 aromatic carbocycles. The van der Waals surface area contributed by atoms with E-state index < -0.39 is 0 Å².